The van der Waals surface area contributed by atoms with Crippen LogP contribution < -0.4 is 11.1 Å². The molecule has 1 rings (SSSR count). The number of amides is 1. The zero-order valence-electron chi connectivity index (χ0n) is 6.18. The van der Waals surface area contributed by atoms with Crippen molar-refractivity contribution in [3.8, 4) is 0 Å². The molecule has 10 heavy (non-hydrogen) atoms. The molecule has 1 fully saturated rings. The summed E-state index contributed by atoms with van der Waals surface area (Å²) in [7, 11) is 0. The quantitative estimate of drug-likeness (QED) is 0.537. The molecule has 3 N–H and O–H groups in total. The summed E-state index contributed by atoms with van der Waals surface area (Å²) >= 11 is 0. The Hall–Kier alpha value is -0.770. The average molecular weight is 144 g/mol. The van der Waals surface area contributed by atoms with E-state index < -0.39 is 5.60 Å². The fourth-order valence-electron chi connectivity index (χ4n) is 0.998. The van der Waals surface area contributed by atoms with Crippen molar-refractivity contribution in [2.45, 2.75) is 25.5 Å². The molecule has 0 radical (unpaired) electrons. The van der Waals surface area contributed by atoms with E-state index in [4.69, 9.17) is 10.5 Å². The SMILES string of the molecule is CC1(C)OC(=O)N[C@@H]1CN. The molecule has 0 aliphatic carbocycles. The van der Waals surface area contributed by atoms with Crippen LogP contribution in [0.15, 0.2) is 0 Å². The highest BCUT2D eigenvalue weighted by molar-refractivity contribution is 5.71. The van der Waals surface area contributed by atoms with E-state index in [1.165, 1.54) is 0 Å². The Morgan fingerprint density at radius 3 is 2.60 bits per heavy atom. The predicted octanol–water partition coefficient (Wildman–Crippen LogP) is -0.168. The van der Waals surface area contributed by atoms with Gasteiger partial charge in [0.15, 0.2) is 0 Å². The van der Waals surface area contributed by atoms with E-state index in [1.807, 2.05) is 13.8 Å². The second-order valence-corrected chi connectivity index (χ2v) is 2.93. The molecule has 0 aromatic heterocycles. The summed E-state index contributed by atoms with van der Waals surface area (Å²) in [5.74, 6) is 0. The van der Waals surface area contributed by atoms with Crippen molar-refractivity contribution >= 4 is 6.09 Å². The molecule has 0 aromatic carbocycles. The molecule has 0 aromatic rings. The smallest absolute Gasteiger partial charge is 0.408 e. The van der Waals surface area contributed by atoms with Gasteiger partial charge in [0.05, 0.1) is 6.04 Å². The van der Waals surface area contributed by atoms with E-state index in [1.54, 1.807) is 0 Å². The van der Waals surface area contributed by atoms with Crippen molar-refractivity contribution in [2.75, 3.05) is 6.54 Å². The van der Waals surface area contributed by atoms with Crippen molar-refractivity contribution in [1.82, 2.24) is 5.32 Å². The van der Waals surface area contributed by atoms with Crippen molar-refractivity contribution in [3.63, 3.8) is 0 Å². The third-order valence-corrected chi connectivity index (χ3v) is 1.72. The summed E-state index contributed by atoms with van der Waals surface area (Å²) in [5.41, 5.74) is 4.92. The minimum atomic E-state index is -0.453. The van der Waals surface area contributed by atoms with Crippen LogP contribution in [0.1, 0.15) is 13.8 Å². The first-order chi connectivity index (χ1) is 4.56. The van der Waals surface area contributed by atoms with E-state index in [0.29, 0.717) is 6.54 Å². The summed E-state index contributed by atoms with van der Waals surface area (Å²) < 4.78 is 4.92. The molecular formula is C6H12N2O2. The summed E-state index contributed by atoms with van der Waals surface area (Å²) in [5, 5.41) is 2.61. The highest BCUT2D eigenvalue weighted by Gasteiger charge is 2.39. The van der Waals surface area contributed by atoms with Crippen molar-refractivity contribution in [1.29, 1.82) is 0 Å². The van der Waals surface area contributed by atoms with E-state index >= 15 is 0 Å². The molecule has 4 nitrogen and oxygen atoms in total. The molecule has 0 saturated carbocycles. The van der Waals surface area contributed by atoms with Gasteiger partial charge >= 0.3 is 6.09 Å². The Morgan fingerprint density at radius 2 is 2.40 bits per heavy atom. The third kappa shape index (κ3) is 1.07. The first-order valence-corrected chi connectivity index (χ1v) is 3.26. The minimum absolute atomic E-state index is 0.0556. The molecule has 1 amide bonds. The van der Waals surface area contributed by atoms with Crippen molar-refractivity contribution < 1.29 is 9.53 Å². The van der Waals surface area contributed by atoms with Gasteiger partial charge in [-0.05, 0) is 13.8 Å². The number of nitrogens with two attached hydrogens (primary N) is 1. The average Bonchev–Trinajstić information content (AvgIpc) is 2.04. The highest BCUT2D eigenvalue weighted by atomic mass is 16.6. The van der Waals surface area contributed by atoms with Gasteiger partial charge in [-0.2, -0.15) is 0 Å². The number of carbonyl (C=O) groups is 1. The topological polar surface area (TPSA) is 64.3 Å². The fraction of sp³-hybridized carbons (Fsp3) is 0.833. The maximum absolute atomic E-state index is 10.6. The van der Waals surface area contributed by atoms with Gasteiger partial charge in [-0.25, -0.2) is 4.79 Å². The molecule has 0 unspecified atom stereocenters. The summed E-state index contributed by atoms with van der Waals surface area (Å²) in [4.78, 5) is 10.6. The Kier molecular flexibility index (Phi) is 1.56. The molecule has 0 bridgehead atoms. The van der Waals surface area contributed by atoms with Crippen LogP contribution in [0, 0.1) is 0 Å². The first kappa shape index (κ1) is 7.34. The standard InChI is InChI=1S/C6H12N2O2/c1-6(2)4(3-7)8-5(9)10-6/h4H,3,7H2,1-2H3,(H,8,9)/t4-/m1/s1. The predicted molar refractivity (Wildman–Crippen MR) is 36.5 cm³/mol. The Morgan fingerprint density at radius 1 is 1.80 bits per heavy atom. The van der Waals surface area contributed by atoms with Crippen LogP contribution in [0.2, 0.25) is 0 Å². The molecular weight excluding hydrogens is 132 g/mol. The van der Waals surface area contributed by atoms with Gasteiger partial charge in [-0.3, -0.25) is 0 Å². The van der Waals surface area contributed by atoms with Gasteiger partial charge in [-0.1, -0.05) is 0 Å². The van der Waals surface area contributed by atoms with Crippen LogP contribution in [0.3, 0.4) is 0 Å². The largest absolute Gasteiger partial charge is 0.441 e. The first-order valence-electron chi connectivity index (χ1n) is 3.26. The van der Waals surface area contributed by atoms with E-state index in [0.717, 1.165) is 0 Å². The molecule has 1 atom stereocenters. The zero-order chi connectivity index (χ0) is 7.78. The normalized spacial score (nSPS) is 29.5. The number of hydrogen-bond acceptors (Lipinski definition) is 3. The maximum atomic E-state index is 10.6. The van der Waals surface area contributed by atoms with Crippen molar-refractivity contribution in [2.24, 2.45) is 5.73 Å². The molecule has 1 heterocycles. The van der Waals surface area contributed by atoms with Gasteiger partial charge in [0.1, 0.15) is 5.60 Å². The summed E-state index contributed by atoms with van der Waals surface area (Å²) in [6.45, 7) is 4.09. The van der Waals surface area contributed by atoms with E-state index in [2.05, 4.69) is 5.32 Å². The lowest BCUT2D eigenvalue weighted by Crippen LogP contribution is -2.44. The fourth-order valence-corrected chi connectivity index (χ4v) is 0.998. The van der Waals surface area contributed by atoms with Crippen molar-refractivity contribution in [3.05, 3.63) is 0 Å². The number of ether oxygens (including phenoxy) is 1. The van der Waals surface area contributed by atoms with Gasteiger partial charge in [0.2, 0.25) is 0 Å². The van der Waals surface area contributed by atoms with Gasteiger partial charge < -0.3 is 15.8 Å². The minimum Gasteiger partial charge on any atom is -0.441 e. The number of carbonyl (C=O) groups excluding carboxylic acids is 1. The number of nitrogens with one attached hydrogen (secondary N) is 1. The Labute approximate surface area is 59.7 Å². The Balaban J connectivity index is 2.67. The summed E-state index contributed by atoms with van der Waals surface area (Å²) in [6, 6.07) is -0.0556. The third-order valence-electron chi connectivity index (χ3n) is 1.72. The van der Waals surface area contributed by atoms with Crippen LogP contribution in [-0.2, 0) is 4.74 Å². The lowest BCUT2D eigenvalue weighted by Gasteiger charge is -2.21. The lowest BCUT2D eigenvalue weighted by molar-refractivity contribution is 0.0701. The maximum Gasteiger partial charge on any atom is 0.408 e. The number of hydrogen-bond donors (Lipinski definition) is 2. The second kappa shape index (κ2) is 2.12. The van der Waals surface area contributed by atoms with Gasteiger partial charge in [0.25, 0.3) is 0 Å². The Bertz CT molecular complexity index is 156. The molecule has 1 saturated heterocycles. The molecule has 1 aliphatic rings. The van der Waals surface area contributed by atoms with E-state index in [-0.39, 0.29) is 12.1 Å². The van der Waals surface area contributed by atoms with Crippen LogP contribution in [0.25, 0.3) is 0 Å². The van der Waals surface area contributed by atoms with Crippen LogP contribution in [0.5, 0.6) is 0 Å². The van der Waals surface area contributed by atoms with Crippen LogP contribution >= 0.6 is 0 Å². The van der Waals surface area contributed by atoms with E-state index in [9.17, 15) is 4.79 Å². The molecule has 4 heteroatoms. The molecule has 58 valence electrons. The molecule has 1 aliphatic heterocycles. The summed E-state index contributed by atoms with van der Waals surface area (Å²) in [6.07, 6.45) is -0.375. The lowest BCUT2D eigenvalue weighted by atomic mass is 10.0. The number of rotatable bonds is 1. The number of cyclic esters (lactones) is 1. The van der Waals surface area contributed by atoms with Crippen LogP contribution in [-0.4, -0.2) is 24.3 Å². The monoisotopic (exact) mass is 144 g/mol. The molecule has 0 spiro atoms. The zero-order valence-corrected chi connectivity index (χ0v) is 6.18. The number of alkyl carbamates (subject to hydrolysis) is 1. The van der Waals surface area contributed by atoms with Gasteiger partial charge in [-0.15, -0.1) is 0 Å². The highest BCUT2D eigenvalue weighted by Crippen LogP contribution is 2.19. The van der Waals surface area contributed by atoms with Crippen LogP contribution in [0.4, 0.5) is 4.79 Å². The second-order valence-electron chi connectivity index (χ2n) is 2.93. The van der Waals surface area contributed by atoms with Gasteiger partial charge in [0, 0.05) is 6.54 Å².